The Morgan fingerprint density at radius 3 is 2.76 bits per heavy atom. The van der Waals surface area contributed by atoms with Crippen LogP contribution in [0, 0.1) is 6.92 Å². The van der Waals surface area contributed by atoms with E-state index in [1.54, 1.807) is 30.7 Å². The number of aromatic nitrogens is 3. The van der Waals surface area contributed by atoms with Gasteiger partial charge in [-0.1, -0.05) is 6.07 Å². The van der Waals surface area contributed by atoms with Crippen LogP contribution in [0.5, 0.6) is 5.88 Å². The molecule has 0 N–H and O–H groups in total. The van der Waals surface area contributed by atoms with Crippen molar-refractivity contribution in [3.8, 4) is 5.88 Å². The van der Waals surface area contributed by atoms with Crippen molar-refractivity contribution in [2.24, 2.45) is 0 Å². The number of fused-ring (bicyclic) bond motifs is 1. The zero-order valence-corrected chi connectivity index (χ0v) is 13.9. The van der Waals surface area contributed by atoms with E-state index in [2.05, 4.69) is 15.0 Å². The van der Waals surface area contributed by atoms with Gasteiger partial charge in [0.2, 0.25) is 5.88 Å². The molecule has 6 nitrogen and oxygen atoms in total. The number of hydrogen-bond acceptors (Lipinski definition) is 5. The van der Waals surface area contributed by atoms with Gasteiger partial charge in [0, 0.05) is 43.2 Å². The molecule has 6 heteroatoms. The number of pyridine rings is 1. The number of amides is 1. The average Bonchev–Trinajstić information content (AvgIpc) is 3.11. The van der Waals surface area contributed by atoms with Crippen molar-refractivity contribution in [1.82, 2.24) is 19.9 Å². The van der Waals surface area contributed by atoms with E-state index in [1.165, 1.54) is 0 Å². The second kappa shape index (κ2) is 6.47. The fraction of sp³-hybridized carbons (Fsp3) is 0.263. The highest BCUT2D eigenvalue weighted by Crippen LogP contribution is 2.20. The van der Waals surface area contributed by atoms with Gasteiger partial charge in [0.25, 0.3) is 5.91 Å². The third-order valence-corrected chi connectivity index (χ3v) is 4.32. The molecule has 0 bridgehead atoms. The quantitative estimate of drug-likeness (QED) is 0.736. The van der Waals surface area contributed by atoms with E-state index in [0.717, 1.165) is 23.0 Å². The topological polar surface area (TPSA) is 68.2 Å². The van der Waals surface area contributed by atoms with Crippen molar-refractivity contribution >= 4 is 16.9 Å². The van der Waals surface area contributed by atoms with E-state index < -0.39 is 0 Å². The standard InChI is InChI=1S/C19H18N4O2/c1-13-2-5-18(22-11-13)25-15-6-9-23(12-15)19(24)14-3-4-16-17(10-14)21-8-7-20-16/h2-5,7-8,10-11,15H,6,9,12H2,1H3. The number of carbonyl (C=O) groups is 1. The highest BCUT2D eigenvalue weighted by molar-refractivity contribution is 5.97. The Hall–Kier alpha value is -3.02. The molecule has 1 aliphatic heterocycles. The first kappa shape index (κ1) is 15.5. The molecular formula is C19H18N4O2. The van der Waals surface area contributed by atoms with E-state index in [9.17, 15) is 4.79 Å². The lowest BCUT2D eigenvalue weighted by Crippen LogP contribution is -2.31. The summed E-state index contributed by atoms with van der Waals surface area (Å²) in [4.78, 5) is 27.3. The van der Waals surface area contributed by atoms with Crippen molar-refractivity contribution in [3.05, 3.63) is 60.0 Å². The number of rotatable bonds is 3. The van der Waals surface area contributed by atoms with Crippen LogP contribution in [0.1, 0.15) is 22.3 Å². The summed E-state index contributed by atoms with van der Waals surface area (Å²) in [6.07, 6.45) is 5.83. The van der Waals surface area contributed by atoms with Crippen LogP contribution < -0.4 is 4.74 Å². The van der Waals surface area contributed by atoms with Crippen molar-refractivity contribution < 1.29 is 9.53 Å². The molecule has 1 amide bonds. The molecule has 126 valence electrons. The third kappa shape index (κ3) is 3.28. The summed E-state index contributed by atoms with van der Waals surface area (Å²) < 4.78 is 5.89. The maximum absolute atomic E-state index is 12.7. The van der Waals surface area contributed by atoms with E-state index in [4.69, 9.17) is 4.74 Å². The van der Waals surface area contributed by atoms with Gasteiger partial charge in [-0.25, -0.2) is 4.98 Å². The molecule has 3 aromatic rings. The molecule has 2 aromatic heterocycles. The molecule has 1 aromatic carbocycles. The molecule has 0 radical (unpaired) electrons. The minimum absolute atomic E-state index is 0.00415. The van der Waals surface area contributed by atoms with Gasteiger partial charge in [-0.2, -0.15) is 0 Å². The molecule has 1 saturated heterocycles. The number of hydrogen-bond donors (Lipinski definition) is 0. The van der Waals surface area contributed by atoms with Gasteiger partial charge in [0.05, 0.1) is 17.6 Å². The lowest BCUT2D eigenvalue weighted by molar-refractivity contribution is 0.0771. The van der Waals surface area contributed by atoms with Gasteiger partial charge in [-0.15, -0.1) is 0 Å². The summed E-state index contributed by atoms with van der Waals surface area (Å²) in [7, 11) is 0. The Labute approximate surface area is 145 Å². The van der Waals surface area contributed by atoms with E-state index >= 15 is 0 Å². The van der Waals surface area contributed by atoms with Crippen LogP contribution in [0.15, 0.2) is 48.9 Å². The zero-order valence-electron chi connectivity index (χ0n) is 13.9. The zero-order chi connectivity index (χ0) is 17.2. The molecule has 0 spiro atoms. The molecule has 0 aliphatic carbocycles. The fourth-order valence-electron chi connectivity index (χ4n) is 2.98. The molecule has 25 heavy (non-hydrogen) atoms. The first-order valence-electron chi connectivity index (χ1n) is 8.28. The maximum Gasteiger partial charge on any atom is 0.254 e. The monoisotopic (exact) mass is 334 g/mol. The second-order valence-electron chi connectivity index (χ2n) is 6.21. The Bertz CT molecular complexity index is 911. The van der Waals surface area contributed by atoms with Crippen molar-refractivity contribution in [2.75, 3.05) is 13.1 Å². The first-order valence-corrected chi connectivity index (χ1v) is 8.28. The van der Waals surface area contributed by atoms with Crippen LogP contribution in [0.3, 0.4) is 0 Å². The second-order valence-corrected chi connectivity index (χ2v) is 6.21. The van der Waals surface area contributed by atoms with Crippen LogP contribution in [-0.2, 0) is 0 Å². The number of carbonyl (C=O) groups excluding carboxylic acids is 1. The lowest BCUT2D eigenvalue weighted by Gasteiger charge is -2.17. The minimum atomic E-state index is -0.0283. The Balaban J connectivity index is 1.45. The van der Waals surface area contributed by atoms with Crippen LogP contribution in [-0.4, -0.2) is 45.0 Å². The number of benzene rings is 1. The van der Waals surface area contributed by atoms with Gasteiger partial charge in [-0.05, 0) is 30.7 Å². The molecule has 4 rings (SSSR count). The summed E-state index contributed by atoms with van der Waals surface area (Å²) in [5, 5.41) is 0. The Morgan fingerprint density at radius 2 is 1.96 bits per heavy atom. The van der Waals surface area contributed by atoms with Gasteiger partial charge in [0.1, 0.15) is 6.10 Å². The minimum Gasteiger partial charge on any atom is -0.472 e. The van der Waals surface area contributed by atoms with Crippen molar-refractivity contribution in [3.63, 3.8) is 0 Å². The van der Waals surface area contributed by atoms with Gasteiger partial charge < -0.3 is 9.64 Å². The average molecular weight is 334 g/mol. The fourth-order valence-corrected chi connectivity index (χ4v) is 2.98. The molecule has 1 atom stereocenters. The maximum atomic E-state index is 12.7. The molecule has 1 aliphatic rings. The lowest BCUT2D eigenvalue weighted by atomic mass is 10.1. The van der Waals surface area contributed by atoms with Crippen LogP contribution in [0.2, 0.25) is 0 Å². The molecular weight excluding hydrogens is 316 g/mol. The SMILES string of the molecule is Cc1ccc(OC2CCN(C(=O)c3ccc4nccnc4c3)C2)nc1. The van der Waals surface area contributed by atoms with Gasteiger partial charge in [-0.3, -0.25) is 14.8 Å². The number of aryl methyl sites for hydroxylation is 1. The molecule has 1 fully saturated rings. The van der Waals surface area contributed by atoms with Crippen molar-refractivity contribution in [1.29, 1.82) is 0 Å². The molecule has 3 heterocycles. The summed E-state index contributed by atoms with van der Waals surface area (Å²) in [5.74, 6) is 0.599. The summed E-state index contributed by atoms with van der Waals surface area (Å²) in [5.41, 5.74) is 3.23. The Kier molecular flexibility index (Phi) is 4.01. The van der Waals surface area contributed by atoms with Gasteiger partial charge in [0.15, 0.2) is 0 Å². The van der Waals surface area contributed by atoms with E-state index in [-0.39, 0.29) is 12.0 Å². The number of likely N-dealkylation sites (tertiary alicyclic amines) is 1. The highest BCUT2D eigenvalue weighted by atomic mass is 16.5. The molecule has 1 unspecified atom stereocenters. The summed E-state index contributed by atoms with van der Waals surface area (Å²) in [6, 6.07) is 9.25. The van der Waals surface area contributed by atoms with Gasteiger partial charge >= 0.3 is 0 Å². The normalized spacial score (nSPS) is 17.0. The highest BCUT2D eigenvalue weighted by Gasteiger charge is 2.28. The largest absolute Gasteiger partial charge is 0.472 e. The van der Waals surface area contributed by atoms with Crippen LogP contribution in [0.25, 0.3) is 11.0 Å². The summed E-state index contributed by atoms with van der Waals surface area (Å²) >= 11 is 0. The number of nitrogens with zero attached hydrogens (tertiary/aromatic N) is 4. The van der Waals surface area contributed by atoms with Crippen LogP contribution in [0.4, 0.5) is 0 Å². The predicted octanol–water partition coefficient (Wildman–Crippen LogP) is 2.63. The smallest absolute Gasteiger partial charge is 0.254 e. The summed E-state index contributed by atoms with van der Waals surface area (Å²) in [6.45, 7) is 3.22. The molecule has 0 saturated carbocycles. The third-order valence-electron chi connectivity index (χ3n) is 4.32. The van der Waals surface area contributed by atoms with Crippen LogP contribution >= 0.6 is 0 Å². The number of ether oxygens (including phenoxy) is 1. The van der Waals surface area contributed by atoms with E-state index in [0.29, 0.717) is 24.5 Å². The van der Waals surface area contributed by atoms with Crippen molar-refractivity contribution in [2.45, 2.75) is 19.4 Å². The van der Waals surface area contributed by atoms with E-state index in [1.807, 2.05) is 30.0 Å². The predicted molar refractivity (Wildman–Crippen MR) is 93.4 cm³/mol. The Morgan fingerprint density at radius 1 is 1.12 bits per heavy atom. The first-order chi connectivity index (χ1) is 12.2.